The lowest BCUT2D eigenvalue weighted by Gasteiger charge is -2.09. The zero-order valence-corrected chi connectivity index (χ0v) is 17.6. The van der Waals surface area contributed by atoms with Gasteiger partial charge in [-0.15, -0.1) is 16.4 Å². The van der Waals surface area contributed by atoms with Crippen molar-refractivity contribution >= 4 is 17.2 Å². The summed E-state index contributed by atoms with van der Waals surface area (Å²) in [6, 6.07) is 8.69. The van der Waals surface area contributed by atoms with Gasteiger partial charge in [0.05, 0.1) is 18.4 Å². The first-order chi connectivity index (χ1) is 15.1. The van der Waals surface area contributed by atoms with E-state index in [1.165, 1.54) is 34.4 Å². The highest BCUT2D eigenvalue weighted by atomic mass is 32.1. The summed E-state index contributed by atoms with van der Waals surface area (Å²) in [5, 5.41) is 15.4. The molecule has 0 saturated heterocycles. The topological polar surface area (TPSA) is 104 Å². The number of halogens is 1. The molecule has 158 valence electrons. The molecular formula is C21H20FN7OS. The lowest BCUT2D eigenvalue weighted by Crippen LogP contribution is -2.16. The number of nitrogen functional groups attached to an aromatic ring is 1. The van der Waals surface area contributed by atoms with Crippen LogP contribution in [0.25, 0.3) is 27.5 Å². The third-order valence-electron chi connectivity index (χ3n) is 5.29. The van der Waals surface area contributed by atoms with Gasteiger partial charge < -0.3 is 15.8 Å². The first kappa shape index (κ1) is 19.6. The fraction of sp³-hybridized carbons (Fsp3) is 0.238. The number of hydrogen-bond donors (Lipinski definition) is 2. The summed E-state index contributed by atoms with van der Waals surface area (Å²) in [6.07, 6.45) is 3.81. The van der Waals surface area contributed by atoms with E-state index in [1.807, 2.05) is 6.07 Å². The number of benzene rings is 1. The summed E-state index contributed by atoms with van der Waals surface area (Å²) < 4.78 is 20.7. The number of rotatable bonds is 4. The molecular weight excluding hydrogens is 417 g/mol. The molecule has 4 aromatic rings. The molecule has 0 saturated carbocycles. The van der Waals surface area contributed by atoms with Crippen molar-refractivity contribution in [3.63, 3.8) is 0 Å². The molecule has 31 heavy (non-hydrogen) atoms. The number of ether oxygens (including phenoxy) is 1. The van der Waals surface area contributed by atoms with Gasteiger partial charge in [-0.3, -0.25) is 0 Å². The molecule has 10 heteroatoms. The molecule has 0 amide bonds. The number of methoxy groups -OCH3 is 1. The highest BCUT2D eigenvalue weighted by molar-refractivity contribution is 7.15. The number of hydrogen-bond acceptors (Lipinski definition) is 8. The van der Waals surface area contributed by atoms with Gasteiger partial charge in [0, 0.05) is 27.6 Å². The second-order valence-electron chi connectivity index (χ2n) is 7.20. The second kappa shape index (κ2) is 8.05. The SMILES string of the molecule is COc1ccc(-n2nnnc2-c2cc(-c3cc4c(s3)CCNCC4)cnc2N)cc1F. The number of pyridine rings is 1. The minimum Gasteiger partial charge on any atom is -0.494 e. The van der Waals surface area contributed by atoms with Crippen molar-refractivity contribution in [2.75, 3.05) is 25.9 Å². The minimum absolute atomic E-state index is 0.147. The Morgan fingerprint density at radius 1 is 1.19 bits per heavy atom. The number of thiophene rings is 1. The van der Waals surface area contributed by atoms with Crippen LogP contribution >= 0.6 is 11.3 Å². The first-order valence-electron chi connectivity index (χ1n) is 9.85. The van der Waals surface area contributed by atoms with E-state index in [9.17, 15) is 4.39 Å². The van der Waals surface area contributed by atoms with E-state index in [4.69, 9.17) is 10.5 Å². The molecule has 0 spiro atoms. The smallest absolute Gasteiger partial charge is 0.190 e. The first-order valence-corrected chi connectivity index (χ1v) is 10.7. The molecule has 4 heterocycles. The van der Waals surface area contributed by atoms with E-state index in [1.54, 1.807) is 23.6 Å². The van der Waals surface area contributed by atoms with Crippen LogP contribution in [-0.2, 0) is 12.8 Å². The number of nitrogens with two attached hydrogens (primary N) is 1. The molecule has 0 aliphatic carbocycles. The molecule has 0 atom stereocenters. The predicted molar refractivity (Wildman–Crippen MR) is 117 cm³/mol. The zero-order valence-electron chi connectivity index (χ0n) is 16.8. The summed E-state index contributed by atoms with van der Waals surface area (Å²) in [4.78, 5) is 6.92. The molecule has 0 unspecified atom stereocenters. The number of fused-ring (bicyclic) bond motifs is 1. The maximum absolute atomic E-state index is 14.2. The number of aromatic nitrogens is 5. The Balaban J connectivity index is 1.56. The van der Waals surface area contributed by atoms with Crippen molar-refractivity contribution in [2.45, 2.75) is 12.8 Å². The Kier molecular flexibility index (Phi) is 5.08. The number of anilines is 1. The highest BCUT2D eigenvalue weighted by Gasteiger charge is 2.19. The van der Waals surface area contributed by atoms with Gasteiger partial charge in [-0.1, -0.05) is 0 Å². The molecule has 0 bridgehead atoms. The normalized spacial score (nSPS) is 13.6. The van der Waals surface area contributed by atoms with Crippen molar-refractivity contribution < 1.29 is 9.13 Å². The molecule has 1 aliphatic rings. The van der Waals surface area contributed by atoms with Gasteiger partial charge in [-0.05, 0) is 66.2 Å². The number of nitrogens with zero attached hydrogens (tertiary/aromatic N) is 5. The van der Waals surface area contributed by atoms with Gasteiger partial charge in [-0.25, -0.2) is 9.37 Å². The van der Waals surface area contributed by atoms with Crippen molar-refractivity contribution in [2.24, 2.45) is 0 Å². The Labute approximate surface area is 181 Å². The van der Waals surface area contributed by atoms with Gasteiger partial charge in [0.25, 0.3) is 0 Å². The highest BCUT2D eigenvalue weighted by Crippen LogP contribution is 2.36. The quantitative estimate of drug-likeness (QED) is 0.506. The van der Waals surface area contributed by atoms with Crippen molar-refractivity contribution in [1.29, 1.82) is 0 Å². The van der Waals surface area contributed by atoms with E-state index < -0.39 is 5.82 Å². The Morgan fingerprint density at radius 2 is 2.06 bits per heavy atom. The molecule has 8 nitrogen and oxygen atoms in total. The van der Waals surface area contributed by atoms with E-state index in [2.05, 4.69) is 31.9 Å². The molecule has 1 aromatic carbocycles. The van der Waals surface area contributed by atoms with E-state index in [0.717, 1.165) is 36.4 Å². The van der Waals surface area contributed by atoms with Crippen LogP contribution in [0.4, 0.5) is 10.2 Å². The van der Waals surface area contributed by atoms with Gasteiger partial charge in [-0.2, -0.15) is 4.68 Å². The van der Waals surface area contributed by atoms with Crippen molar-refractivity contribution in [3.05, 3.63) is 52.8 Å². The Bertz CT molecular complexity index is 1230. The summed E-state index contributed by atoms with van der Waals surface area (Å²) in [7, 11) is 1.42. The lowest BCUT2D eigenvalue weighted by molar-refractivity contribution is 0.386. The van der Waals surface area contributed by atoms with Crippen molar-refractivity contribution in [1.82, 2.24) is 30.5 Å². The maximum Gasteiger partial charge on any atom is 0.190 e. The summed E-state index contributed by atoms with van der Waals surface area (Å²) >= 11 is 1.78. The van der Waals surface area contributed by atoms with Gasteiger partial charge in [0.15, 0.2) is 17.4 Å². The zero-order chi connectivity index (χ0) is 21.4. The minimum atomic E-state index is -0.504. The van der Waals surface area contributed by atoms with Gasteiger partial charge in [0.1, 0.15) is 5.82 Å². The van der Waals surface area contributed by atoms with E-state index >= 15 is 0 Å². The molecule has 1 aliphatic heterocycles. The van der Waals surface area contributed by atoms with E-state index in [-0.39, 0.29) is 5.75 Å². The van der Waals surface area contributed by atoms with Crippen LogP contribution < -0.4 is 15.8 Å². The second-order valence-corrected chi connectivity index (χ2v) is 8.34. The predicted octanol–water partition coefficient (Wildman–Crippen LogP) is 2.87. The van der Waals surface area contributed by atoms with Crippen LogP contribution in [-0.4, -0.2) is 45.4 Å². The molecule has 5 rings (SSSR count). The number of tetrazole rings is 1. The average molecular weight is 438 g/mol. The molecule has 0 radical (unpaired) electrons. The standard InChI is InChI=1S/C21H20FN7OS/c1-30-17-3-2-14(10-16(17)22)29-21(26-27-28-29)15-8-13(11-25-20(15)23)19-9-12-4-6-24-7-5-18(12)31-19/h2-3,8-11,24H,4-7H2,1H3,(H2,23,25). The van der Waals surface area contributed by atoms with Crippen LogP contribution in [0.15, 0.2) is 36.5 Å². The maximum atomic E-state index is 14.2. The van der Waals surface area contributed by atoms with Crippen LogP contribution in [0.3, 0.4) is 0 Å². The monoisotopic (exact) mass is 437 g/mol. The van der Waals surface area contributed by atoms with Crippen LogP contribution in [0.1, 0.15) is 10.4 Å². The van der Waals surface area contributed by atoms with Crippen LogP contribution in [0.5, 0.6) is 5.75 Å². The van der Waals surface area contributed by atoms with Crippen LogP contribution in [0.2, 0.25) is 0 Å². The largest absolute Gasteiger partial charge is 0.494 e. The molecule has 3 aromatic heterocycles. The van der Waals surface area contributed by atoms with Gasteiger partial charge in [0.2, 0.25) is 0 Å². The fourth-order valence-corrected chi connectivity index (χ4v) is 4.88. The summed E-state index contributed by atoms with van der Waals surface area (Å²) in [5.74, 6) is 0.333. The molecule has 3 N–H and O–H groups in total. The summed E-state index contributed by atoms with van der Waals surface area (Å²) in [6.45, 7) is 1.98. The third kappa shape index (κ3) is 3.64. The lowest BCUT2D eigenvalue weighted by atomic mass is 10.1. The Hall–Kier alpha value is -3.37. The summed E-state index contributed by atoms with van der Waals surface area (Å²) in [5.41, 5.74) is 9.55. The van der Waals surface area contributed by atoms with Gasteiger partial charge >= 0.3 is 0 Å². The number of nitrogens with one attached hydrogen (secondary N) is 1. The van der Waals surface area contributed by atoms with E-state index in [0.29, 0.717) is 22.9 Å². The third-order valence-corrected chi connectivity index (χ3v) is 6.58. The van der Waals surface area contributed by atoms with Crippen molar-refractivity contribution in [3.8, 4) is 33.3 Å². The average Bonchev–Trinajstić information content (AvgIpc) is 3.36. The fourth-order valence-electron chi connectivity index (χ4n) is 3.69. The van der Waals surface area contributed by atoms with Crippen LogP contribution in [0, 0.1) is 5.82 Å². The Morgan fingerprint density at radius 3 is 2.90 bits per heavy atom. The molecule has 0 fully saturated rings.